The Hall–Kier alpha value is -1.78. The van der Waals surface area contributed by atoms with Crippen molar-refractivity contribution in [2.24, 2.45) is 0 Å². The third kappa shape index (κ3) is 2.96. The summed E-state index contributed by atoms with van der Waals surface area (Å²) in [7, 11) is 1.90. The van der Waals surface area contributed by atoms with Gasteiger partial charge in [0.15, 0.2) is 0 Å². The summed E-state index contributed by atoms with van der Waals surface area (Å²) in [4.78, 5) is 0. The molecule has 0 bridgehead atoms. The van der Waals surface area contributed by atoms with Gasteiger partial charge < -0.3 is 14.8 Å². The highest BCUT2D eigenvalue weighted by Crippen LogP contribution is 2.35. The highest BCUT2D eigenvalue weighted by Gasteiger charge is 2.22. The highest BCUT2D eigenvalue weighted by atomic mass is 35.5. The van der Waals surface area contributed by atoms with Crippen LogP contribution in [0.3, 0.4) is 0 Å². The number of benzene rings is 2. The molecule has 1 aliphatic heterocycles. The first-order chi connectivity index (χ1) is 10.2. The molecule has 1 atom stereocenters. The van der Waals surface area contributed by atoms with Crippen LogP contribution in [0.25, 0.3) is 0 Å². The number of rotatable bonds is 4. The van der Waals surface area contributed by atoms with Crippen LogP contribution in [-0.4, -0.2) is 13.7 Å². The first-order valence-electron chi connectivity index (χ1n) is 6.68. The molecule has 110 valence electrons. The Morgan fingerprint density at radius 1 is 1.33 bits per heavy atom. The van der Waals surface area contributed by atoms with Gasteiger partial charge in [0.1, 0.15) is 30.5 Å². The van der Waals surface area contributed by atoms with E-state index >= 15 is 0 Å². The second kappa shape index (κ2) is 5.92. The molecule has 2 aromatic carbocycles. The van der Waals surface area contributed by atoms with Crippen LogP contribution in [0.4, 0.5) is 4.39 Å². The minimum Gasteiger partial charge on any atom is -0.491 e. The summed E-state index contributed by atoms with van der Waals surface area (Å²) < 4.78 is 24.9. The molecule has 0 aliphatic carbocycles. The molecular weight excluding hydrogens is 293 g/mol. The third-order valence-corrected chi connectivity index (χ3v) is 3.76. The van der Waals surface area contributed by atoms with Crippen molar-refractivity contribution in [3.8, 4) is 11.5 Å². The van der Waals surface area contributed by atoms with Gasteiger partial charge in [-0.3, -0.25) is 0 Å². The van der Waals surface area contributed by atoms with E-state index in [1.165, 1.54) is 6.07 Å². The molecule has 5 heteroatoms. The second-order valence-corrected chi connectivity index (χ2v) is 5.31. The van der Waals surface area contributed by atoms with E-state index in [0.29, 0.717) is 22.9 Å². The molecule has 0 amide bonds. The second-order valence-electron chi connectivity index (χ2n) is 4.88. The number of ether oxygens (including phenoxy) is 2. The largest absolute Gasteiger partial charge is 0.491 e. The molecule has 0 fully saturated rings. The molecule has 1 heterocycles. The normalized spacial score (nSPS) is 16.4. The van der Waals surface area contributed by atoms with Gasteiger partial charge in [-0.05, 0) is 31.3 Å². The van der Waals surface area contributed by atoms with Crippen LogP contribution in [0.15, 0.2) is 36.4 Å². The summed E-state index contributed by atoms with van der Waals surface area (Å²) in [5.41, 5.74) is 1.58. The number of hydrogen-bond donors (Lipinski definition) is 1. The maximum atomic E-state index is 13.7. The fraction of sp³-hybridized carbons (Fsp3) is 0.250. The Labute approximate surface area is 127 Å². The van der Waals surface area contributed by atoms with Crippen LogP contribution in [0, 0.1) is 5.82 Å². The van der Waals surface area contributed by atoms with Crippen LogP contribution in [-0.2, 0) is 6.61 Å². The zero-order chi connectivity index (χ0) is 14.8. The van der Waals surface area contributed by atoms with Crippen LogP contribution in [0.5, 0.6) is 11.5 Å². The van der Waals surface area contributed by atoms with Crippen molar-refractivity contribution in [1.82, 2.24) is 5.32 Å². The predicted octanol–water partition coefficient (Wildman–Crippen LogP) is 3.71. The van der Waals surface area contributed by atoms with Crippen molar-refractivity contribution < 1.29 is 13.9 Å². The maximum Gasteiger partial charge on any atom is 0.131 e. The van der Waals surface area contributed by atoms with Gasteiger partial charge in [-0.15, -0.1) is 0 Å². The lowest BCUT2D eigenvalue weighted by atomic mass is 10.1. The van der Waals surface area contributed by atoms with E-state index in [2.05, 4.69) is 5.32 Å². The first-order valence-corrected chi connectivity index (χ1v) is 7.06. The van der Waals surface area contributed by atoms with E-state index in [9.17, 15) is 4.39 Å². The summed E-state index contributed by atoms with van der Waals surface area (Å²) in [5, 5.41) is 3.56. The van der Waals surface area contributed by atoms with Gasteiger partial charge >= 0.3 is 0 Å². The van der Waals surface area contributed by atoms with E-state index in [-0.39, 0.29) is 18.5 Å². The Morgan fingerprint density at radius 3 is 2.95 bits per heavy atom. The predicted molar refractivity (Wildman–Crippen MR) is 79.5 cm³/mol. The van der Waals surface area contributed by atoms with Crippen molar-refractivity contribution in [3.63, 3.8) is 0 Å². The molecule has 3 nitrogen and oxygen atoms in total. The fourth-order valence-corrected chi connectivity index (χ4v) is 2.48. The molecule has 21 heavy (non-hydrogen) atoms. The smallest absolute Gasteiger partial charge is 0.131 e. The lowest BCUT2D eigenvalue weighted by molar-refractivity contribution is 0.294. The molecule has 0 aromatic heterocycles. The van der Waals surface area contributed by atoms with E-state index < -0.39 is 0 Å². The summed E-state index contributed by atoms with van der Waals surface area (Å²) in [6.45, 7) is 0.762. The van der Waals surface area contributed by atoms with Crippen LogP contribution >= 0.6 is 11.6 Å². The van der Waals surface area contributed by atoms with Crippen molar-refractivity contribution >= 4 is 11.6 Å². The van der Waals surface area contributed by atoms with Crippen molar-refractivity contribution in [2.75, 3.05) is 13.7 Å². The topological polar surface area (TPSA) is 30.5 Å². The maximum absolute atomic E-state index is 13.7. The Kier molecular flexibility index (Phi) is 3.99. The minimum atomic E-state index is -0.366. The van der Waals surface area contributed by atoms with Crippen molar-refractivity contribution in [2.45, 2.75) is 12.6 Å². The monoisotopic (exact) mass is 307 g/mol. The highest BCUT2D eigenvalue weighted by molar-refractivity contribution is 6.30. The third-order valence-electron chi connectivity index (χ3n) is 3.52. The molecule has 0 saturated heterocycles. The van der Waals surface area contributed by atoms with Gasteiger partial charge in [-0.2, -0.15) is 0 Å². The molecule has 2 aromatic rings. The molecule has 0 spiro atoms. The van der Waals surface area contributed by atoms with Gasteiger partial charge in [0.05, 0.1) is 6.04 Å². The molecule has 0 radical (unpaired) electrons. The van der Waals surface area contributed by atoms with E-state index in [4.69, 9.17) is 21.1 Å². The first kappa shape index (κ1) is 14.2. The zero-order valence-electron chi connectivity index (χ0n) is 11.5. The quantitative estimate of drug-likeness (QED) is 0.934. The van der Waals surface area contributed by atoms with Crippen LogP contribution in [0.2, 0.25) is 5.02 Å². The van der Waals surface area contributed by atoms with Gasteiger partial charge in [0.25, 0.3) is 0 Å². The van der Waals surface area contributed by atoms with Gasteiger partial charge in [-0.1, -0.05) is 17.7 Å². The Morgan fingerprint density at radius 2 is 2.19 bits per heavy atom. The number of likely N-dealkylation sites (N-methyl/N-ethyl adjacent to an activating group) is 1. The molecule has 1 unspecified atom stereocenters. The molecule has 0 saturated carbocycles. The molecule has 3 rings (SSSR count). The van der Waals surface area contributed by atoms with Crippen LogP contribution < -0.4 is 14.8 Å². The number of halogens is 2. The van der Waals surface area contributed by atoms with Crippen molar-refractivity contribution in [3.05, 3.63) is 58.4 Å². The Bertz CT molecular complexity index is 663. The fourth-order valence-electron chi connectivity index (χ4n) is 2.32. The molecular formula is C16H15ClFNO2. The lowest BCUT2D eigenvalue weighted by Gasteiger charge is -2.10. The lowest BCUT2D eigenvalue weighted by Crippen LogP contribution is -2.17. The zero-order valence-corrected chi connectivity index (χ0v) is 12.3. The molecule has 1 N–H and O–H groups in total. The van der Waals surface area contributed by atoms with Gasteiger partial charge in [0, 0.05) is 22.2 Å². The number of nitrogens with one attached hydrogen (secondary N) is 1. The van der Waals surface area contributed by atoms with E-state index in [0.717, 1.165) is 11.3 Å². The molecule has 1 aliphatic rings. The number of fused-ring (bicyclic) bond motifs is 1. The summed E-state index contributed by atoms with van der Waals surface area (Å²) >= 11 is 5.72. The van der Waals surface area contributed by atoms with Gasteiger partial charge in [-0.25, -0.2) is 4.39 Å². The summed E-state index contributed by atoms with van der Waals surface area (Å²) in [6.07, 6.45) is 0. The summed E-state index contributed by atoms with van der Waals surface area (Å²) in [6, 6.07) is 10.4. The van der Waals surface area contributed by atoms with Crippen LogP contribution in [0.1, 0.15) is 17.2 Å². The number of hydrogen-bond acceptors (Lipinski definition) is 3. The average Bonchev–Trinajstić information content (AvgIpc) is 2.88. The Balaban J connectivity index is 1.72. The van der Waals surface area contributed by atoms with E-state index in [1.807, 2.05) is 25.2 Å². The van der Waals surface area contributed by atoms with Gasteiger partial charge in [0.2, 0.25) is 0 Å². The standard InChI is InChI=1S/C16H15ClFNO2/c1-19-15-9-21-16-7-12(4-5-13(15)16)20-8-10-2-3-11(17)6-14(10)18/h2-7,15,19H,8-9H2,1H3. The van der Waals surface area contributed by atoms with Crippen molar-refractivity contribution in [1.29, 1.82) is 0 Å². The minimum absolute atomic E-state index is 0.150. The summed E-state index contributed by atoms with van der Waals surface area (Å²) in [5.74, 6) is 1.10. The van der Waals surface area contributed by atoms with E-state index in [1.54, 1.807) is 12.1 Å². The average molecular weight is 308 g/mol. The SMILES string of the molecule is CNC1COc2cc(OCc3ccc(Cl)cc3F)ccc21.